The first-order valence-corrected chi connectivity index (χ1v) is 7.18. The van der Waals surface area contributed by atoms with E-state index in [9.17, 15) is 18.0 Å². The van der Waals surface area contributed by atoms with E-state index in [1.54, 1.807) is 5.38 Å². The standard InChI is InChI=1S/C12H16F3N3OS/c1-7(2)8-5-20-10(17-8)18-9(19)11(12(13,14)15)3-4-16-6-11/h5,7,16H,3-4,6H2,1-2H3,(H,17,18,19). The maximum Gasteiger partial charge on any atom is 0.404 e. The summed E-state index contributed by atoms with van der Waals surface area (Å²) in [5.74, 6) is -0.860. The van der Waals surface area contributed by atoms with E-state index in [1.807, 2.05) is 13.8 Å². The van der Waals surface area contributed by atoms with Gasteiger partial charge in [-0.1, -0.05) is 13.8 Å². The van der Waals surface area contributed by atoms with Crippen molar-refractivity contribution in [3.8, 4) is 0 Å². The van der Waals surface area contributed by atoms with Gasteiger partial charge < -0.3 is 10.6 Å². The monoisotopic (exact) mass is 307 g/mol. The van der Waals surface area contributed by atoms with Crippen LogP contribution in [0.1, 0.15) is 31.9 Å². The molecular formula is C12H16F3N3OS. The molecule has 0 radical (unpaired) electrons. The summed E-state index contributed by atoms with van der Waals surface area (Å²) in [7, 11) is 0. The van der Waals surface area contributed by atoms with Gasteiger partial charge in [0.25, 0.3) is 0 Å². The molecule has 1 aliphatic heterocycles. The summed E-state index contributed by atoms with van der Waals surface area (Å²) < 4.78 is 39.6. The molecule has 1 saturated heterocycles. The van der Waals surface area contributed by atoms with Crippen molar-refractivity contribution in [1.29, 1.82) is 0 Å². The van der Waals surface area contributed by atoms with E-state index >= 15 is 0 Å². The van der Waals surface area contributed by atoms with Crippen molar-refractivity contribution in [2.75, 3.05) is 18.4 Å². The Morgan fingerprint density at radius 1 is 1.55 bits per heavy atom. The molecule has 1 unspecified atom stereocenters. The van der Waals surface area contributed by atoms with E-state index in [0.29, 0.717) is 0 Å². The average molecular weight is 307 g/mol. The van der Waals surface area contributed by atoms with Crippen molar-refractivity contribution >= 4 is 22.4 Å². The first-order chi connectivity index (χ1) is 9.26. The van der Waals surface area contributed by atoms with Crippen LogP contribution in [0.5, 0.6) is 0 Å². The largest absolute Gasteiger partial charge is 0.404 e. The summed E-state index contributed by atoms with van der Waals surface area (Å²) >= 11 is 1.14. The van der Waals surface area contributed by atoms with Gasteiger partial charge in [-0.25, -0.2) is 4.98 Å². The molecule has 0 spiro atoms. The highest BCUT2D eigenvalue weighted by molar-refractivity contribution is 7.13. The van der Waals surface area contributed by atoms with Gasteiger partial charge in [-0.3, -0.25) is 4.79 Å². The Morgan fingerprint density at radius 3 is 2.70 bits per heavy atom. The maximum absolute atomic E-state index is 13.2. The van der Waals surface area contributed by atoms with E-state index in [1.165, 1.54) is 0 Å². The van der Waals surface area contributed by atoms with Gasteiger partial charge in [-0.05, 0) is 18.9 Å². The third-order valence-corrected chi connectivity index (χ3v) is 4.24. The molecule has 0 saturated carbocycles. The molecule has 20 heavy (non-hydrogen) atoms. The SMILES string of the molecule is CC(C)c1csc(NC(=O)C2(C(F)(F)F)CCNC2)n1. The van der Waals surface area contributed by atoms with Crippen LogP contribution < -0.4 is 10.6 Å². The van der Waals surface area contributed by atoms with Gasteiger partial charge in [0.05, 0.1) is 5.69 Å². The lowest BCUT2D eigenvalue weighted by atomic mass is 9.85. The Morgan fingerprint density at radius 2 is 2.25 bits per heavy atom. The fraction of sp³-hybridized carbons (Fsp3) is 0.667. The lowest BCUT2D eigenvalue weighted by Crippen LogP contribution is -2.49. The van der Waals surface area contributed by atoms with Crippen molar-refractivity contribution in [2.24, 2.45) is 5.41 Å². The third-order valence-electron chi connectivity index (χ3n) is 3.47. The number of thiazole rings is 1. The highest BCUT2D eigenvalue weighted by atomic mass is 32.1. The number of nitrogens with zero attached hydrogens (tertiary/aromatic N) is 1. The predicted molar refractivity (Wildman–Crippen MR) is 70.8 cm³/mol. The fourth-order valence-corrected chi connectivity index (χ4v) is 2.95. The first-order valence-electron chi connectivity index (χ1n) is 6.30. The first kappa shape index (κ1) is 15.2. The van der Waals surface area contributed by atoms with Gasteiger partial charge in [0, 0.05) is 11.9 Å². The van der Waals surface area contributed by atoms with Gasteiger partial charge in [0.2, 0.25) is 5.91 Å². The van der Waals surface area contributed by atoms with Crippen LogP contribution in [-0.4, -0.2) is 30.2 Å². The normalized spacial score (nSPS) is 23.3. The molecule has 1 atom stereocenters. The van der Waals surface area contributed by atoms with Crippen LogP contribution in [0.25, 0.3) is 0 Å². The molecular weight excluding hydrogens is 291 g/mol. The fourth-order valence-electron chi connectivity index (χ4n) is 2.08. The van der Waals surface area contributed by atoms with E-state index < -0.39 is 17.5 Å². The molecule has 2 N–H and O–H groups in total. The molecule has 1 amide bonds. The number of hydrogen-bond donors (Lipinski definition) is 2. The summed E-state index contributed by atoms with van der Waals surface area (Å²) in [4.78, 5) is 16.2. The number of hydrogen-bond acceptors (Lipinski definition) is 4. The van der Waals surface area contributed by atoms with E-state index in [-0.39, 0.29) is 30.6 Å². The molecule has 0 aromatic carbocycles. The number of rotatable bonds is 3. The Kier molecular flexibility index (Phi) is 4.06. The molecule has 1 fully saturated rings. The summed E-state index contributed by atoms with van der Waals surface area (Å²) in [6.07, 6.45) is -4.82. The van der Waals surface area contributed by atoms with Crippen LogP contribution in [0.4, 0.5) is 18.3 Å². The second-order valence-corrected chi connectivity index (χ2v) is 6.05. The number of nitrogens with one attached hydrogen (secondary N) is 2. The quantitative estimate of drug-likeness (QED) is 0.903. The minimum Gasteiger partial charge on any atom is -0.315 e. The molecule has 0 bridgehead atoms. The van der Waals surface area contributed by atoms with Gasteiger partial charge in [-0.2, -0.15) is 13.2 Å². The molecule has 4 nitrogen and oxygen atoms in total. The van der Waals surface area contributed by atoms with Crippen molar-refractivity contribution in [3.05, 3.63) is 11.1 Å². The Hall–Kier alpha value is -1.15. The lowest BCUT2D eigenvalue weighted by Gasteiger charge is -2.28. The Balaban J connectivity index is 2.17. The second kappa shape index (κ2) is 5.33. The van der Waals surface area contributed by atoms with Crippen molar-refractivity contribution in [2.45, 2.75) is 32.4 Å². The van der Waals surface area contributed by atoms with Gasteiger partial charge in [0.1, 0.15) is 0 Å². The molecule has 2 heterocycles. The summed E-state index contributed by atoms with van der Waals surface area (Å²) in [6, 6.07) is 0. The molecule has 1 aromatic heterocycles. The Labute approximate surface area is 118 Å². The van der Waals surface area contributed by atoms with Gasteiger partial charge in [0.15, 0.2) is 10.5 Å². The lowest BCUT2D eigenvalue weighted by molar-refractivity contribution is -0.213. The zero-order valence-electron chi connectivity index (χ0n) is 11.2. The topological polar surface area (TPSA) is 54.0 Å². The molecule has 1 aliphatic rings. The van der Waals surface area contributed by atoms with Crippen molar-refractivity contribution in [1.82, 2.24) is 10.3 Å². The number of alkyl halides is 3. The van der Waals surface area contributed by atoms with Crippen LogP contribution in [0.3, 0.4) is 0 Å². The molecule has 0 aliphatic carbocycles. The molecule has 1 aromatic rings. The van der Waals surface area contributed by atoms with E-state index in [2.05, 4.69) is 15.6 Å². The average Bonchev–Trinajstić information content (AvgIpc) is 2.96. The second-order valence-electron chi connectivity index (χ2n) is 5.19. The summed E-state index contributed by atoms with van der Waals surface area (Å²) in [6.45, 7) is 3.66. The van der Waals surface area contributed by atoms with Gasteiger partial charge >= 0.3 is 6.18 Å². The number of carbonyl (C=O) groups excluding carboxylic acids is 1. The zero-order chi connectivity index (χ0) is 15.0. The van der Waals surface area contributed by atoms with E-state index in [4.69, 9.17) is 0 Å². The number of carbonyl (C=O) groups is 1. The van der Waals surface area contributed by atoms with Crippen LogP contribution in [0, 0.1) is 5.41 Å². The van der Waals surface area contributed by atoms with Crippen LogP contribution in [-0.2, 0) is 4.79 Å². The van der Waals surface area contributed by atoms with Crippen LogP contribution in [0.15, 0.2) is 5.38 Å². The predicted octanol–water partition coefficient (Wildman–Crippen LogP) is 2.75. The minimum absolute atomic E-state index is 0.168. The number of amides is 1. The van der Waals surface area contributed by atoms with E-state index in [0.717, 1.165) is 17.0 Å². The maximum atomic E-state index is 13.2. The molecule has 2 rings (SSSR count). The van der Waals surface area contributed by atoms with Crippen molar-refractivity contribution in [3.63, 3.8) is 0 Å². The van der Waals surface area contributed by atoms with Crippen LogP contribution >= 0.6 is 11.3 Å². The summed E-state index contributed by atoms with van der Waals surface area (Å²) in [5.41, 5.74) is -1.59. The van der Waals surface area contributed by atoms with Gasteiger partial charge in [-0.15, -0.1) is 11.3 Å². The zero-order valence-corrected chi connectivity index (χ0v) is 12.0. The highest BCUT2D eigenvalue weighted by Crippen LogP contribution is 2.44. The van der Waals surface area contributed by atoms with Crippen molar-refractivity contribution < 1.29 is 18.0 Å². The minimum atomic E-state index is -4.57. The van der Waals surface area contributed by atoms with Crippen LogP contribution in [0.2, 0.25) is 0 Å². The molecule has 8 heteroatoms. The highest BCUT2D eigenvalue weighted by Gasteiger charge is 2.61. The number of aromatic nitrogens is 1. The third kappa shape index (κ3) is 2.67. The smallest absolute Gasteiger partial charge is 0.315 e. The number of halogens is 3. The molecule has 112 valence electrons. The summed E-state index contributed by atoms with van der Waals surface area (Å²) in [5, 5.41) is 6.89. The Bertz CT molecular complexity index is 492. The number of anilines is 1.